The minimum atomic E-state index is -0.694. The predicted octanol–water partition coefficient (Wildman–Crippen LogP) is 7.78. The lowest BCUT2D eigenvalue weighted by molar-refractivity contribution is -0.0746. The molecule has 0 saturated carbocycles. The molecule has 15 nitrogen and oxygen atoms in total. The summed E-state index contributed by atoms with van der Waals surface area (Å²) in [6, 6.07) is 13.3. The molecule has 3 aliphatic rings. The van der Waals surface area contributed by atoms with Gasteiger partial charge in [-0.2, -0.15) is 0 Å². The number of amides is 2. The minimum Gasteiger partial charge on any atom is -0.384 e. The zero-order valence-corrected chi connectivity index (χ0v) is 44.1. The second-order valence-corrected chi connectivity index (χ2v) is 19.4. The molecular formula is C56H58Cl2F2N12O3. The molecule has 0 aliphatic carbocycles. The molecule has 9 rings (SSSR count). The molecule has 2 amide bonds. The van der Waals surface area contributed by atoms with Crippen LogP contribution < -0.4 is 11.1 Å². The maximum Gasteiger partial charge on any atom is 0.258 e. The van der Waals surface area contributed by atoms with Gasteiger partial charge < -0.3 is 30.5 Å². The number of ether oxygens (including phenoxy) is 1. The van der Waals surface area contributed by atoms with Gasteiger partial charge in [0, 0.05) is 87.5 Å². The van der Waals surface area contributed by atoms with Crippen molar-refractivity contribution >= 4 is 46.7 Å². The summed E-state index contributed by atoms with van der Waals surface area (Å²) in [5.41, 5.74) is 11.2. The highest BCUT2D eigenvalue weighted by atomic mass is 35.5. The predicted molar refractivity (Wildman–Crippen MR) is 287 cm³/mol. The second kappa shape index (κ2) is 24.9. The first-order chi connectivity index (χ1) is 36.2. The minimum absolute atomic E-state index is 0.0353. The van der Waals surface area contributed by atoms with Crippen LogP contribution in [0, 0.1) is 41.2 Å². The standard InChI is InChI=1S/C29H32ClFN6O.C27H26ClFN6O2/c1-5-25-22(8-6-19-7-9-26(32-2)33-16-19)28(35-18-34-25)21-14-23(30)27(24(31)15-21)29(38)37-12-10-20(11-13-37)17-36(3)4;1-2-23-20(5-3-17-4-6-24(30)31-13-17)26(33-16-32-23)18-11-21(28)25(22(29)12-18)27(36)35-9-7-34(8-10-35)19-14-37-15-19/h7,9,14-16,18,20H,5,10-13,17H2,1-4H3,(H,32,33);4,6,11-13,16,19H,2,7-10,14-15H2,1H3,(H2,30,31). The summed E-state index contributed by atoms with van der Waals surface area (Å²) in [7, 11) is 5.89. The number of halogens is 4. The van der Waals surface area contributed by atoms with Crippen molar-refractivity contribution in [2.75, 3.05) is 91.2 Å². The van der Waals surface area contributed by atoms with Crippen molar-refractivity contribution in [3.8, 4) is 46.2 Å². The number of nitrogens with one attached hydrogen (secondary N) is 1. The highest BCUT2D eigenvalue weighted by Crippen LogP contribution is 2.33. The topological polar surface area (TPSA) is 172 Å². The van der Waals surface area contributed by atoms with Gasteiger partial charge in [-0.25, -0.2) is 38.7 Å². The smallest absolute Gasteiger partial charge is 0.258 e. The third kappa shape index (κ3) is 13.0. The van der Waals surface area contributed by atoms with E-state index < -0.39 is 17.5 Å². The normalized spacial score (nSPS) is 15.0. The number of anilines is 2. The number of piperazine rings is 1. The fourth-order valence-corrected chi connectivity index (χ4v) is 9.73. The van der Waals surface area contributed by atoms with E-state index in [9.17, 15) is 9.59 Å². The van der Waals surface area contributed by atoms with Crippen LogP contribution in [0.4, 0.5) is 20.4 Å². The Morgan fingerprint density at radius 3 is 1.63 bits per heavy atom. The molecule has 388 valence electrons. The maximum absolute atomic E-state index is 15.5. The molecule has 0 radical (unpaired) electrons. The Kier molecular flexibility index (Phi) is 18.0. The largest absolute Gasteiger partial charge is 0.384 e. The van der Waals surface area contributed by atoms with Gasteiger partial charge in [0.25, 0.3) is 11.8 Å². The number of piperidine rings is 1. The number of hydrogen-bond acceptors (Lipinski definition) is 13. The van der Waals surface area contributed by atoms with Gasteiger partial charge in [0.05, 0.1) is 74.3 Å². The Morgan fingerprint density at radius 1 is 0.707 bits per heavy atom. The summed E-state index contributed by atoms with van der Waals surface area (Å²) in [6.07, 6.45) is 9.10. The van der Waals surface area contributed by atoms with E-state index in [1.54, 1.807) is 53.5 Å². The molecule has 4 aromatic heterocycles. The first-order valence-electron chi connectivity index (χ1n) is 24.9. The van der Waals surface area contributed by atoms with Crippen molar-refractivity contribution in [1.82, 2.24) is 49.5 Å². The molecule has 3 N–H and O–H groups in total. The first-order valence-corrected chi connectivity index (χ1v) is 25.6. The Bertz CT molecular complexity index is 3110. The Balaban J connectivity index is 0.000000199. The number of nitrogens with two attached hydrogens (primary N) is 1. The number of nitrogens with zero attached hydrogens (tertiary/aromatic N) is 10. The van der Waals surface area contributed by atoms with Gasteiger partial charge in [0.1, 0.15) is 35.9 Å². The monoisotopic (exact) mass is 1050 g/mol. The van der Waals surface area contributed by atoms with E-state index >= 15 is 8.78 Å². The lowest BCUT2D eigenvalue weighted by atomic mass is 9.95. The summed E-state index contributed by atoms with van der Waals surface area (Å²) in [6.45, 7) is 10.0. The maximum atomic E-state index is 15.5. The lowest BCUT2D eigenvalue weighted by Crippen LogP contribution is -2.57. The van der Waals surface area contributed by atoms with Crippen molar-refractivity contribution in [3.05, 3.63) is 140 Å². The molecule has 3 fully saturated rings. The molecule has 6 aromatic rings. The molecule has 7 heterocycles. The molecule has 2 aromatic carbocycles. The van der Waals surface area contributed by atoms with Crippen molar-refractivity contribution < 1.29 is 23.1 Å². The van der Waals surface area contributed by atoms with Crippen LogP contribution in [0.1, 0.15) is 81.0 Å². The van der Waals surface area contributed by atoms with E-state index in [1.807, 2.05) is 40.1 Å². The van der Waals surface area contributed by atoms with E-state index in [2.05, 4.69) is 68.7 Å². The van der Waals surface area contributed by atoms with Crippen LogP contribution in [0.3, 0.4) is 0 Å². The van der Waals surface area contributed by atoms with E-state index in [1.165, 1.54) is 24.8 Å². The van der Waals surface area contributed by atoms with Crippen LogP contribution in [0.25, 0.3) is 22.5 Å². The van der Waals surface area contributed by atoms with Gasteiger partial charge in [-0.3, -0.25) is 14.5 Å². The third-order valence-electron chi connectivity index (χ3n) is 13.3. The third-order valence-corrected chi connectivity index (χ3v) is 13.9. The van der Waals surface area contributed by atoms with Crippen LogP contribution in [0.5, 0.6) is 0 Å². The van der Waals surface area contributed by atoms with E-state index in [0.29, 0.717) is 102 Å². The van der Waals surface area contributed by atoms with Gasteiger partial charge in [-0.05, 0) is 94.2 Å². The molecule has 0 atom stereocenters. The van der Waals surface area contributed by atoms with Crippen molar-refractivity contribution in [2.24, 2.45) is 5.92 Å². The number of benzene rings is 2. The first kappa shape index (κ1) is 54.2. The fraction of sp³-hybridized carbons (Fsp3) is 0.357. The van der Waals surface area contributed by atoms with Crippen LogP contribution in [-0.4, -0.2) is 148 Å². The number of rotatable bonds is 10. The van der Waals surface area contributed by atoms with Crippen molar-refractivity contribution in [1.29, 1.82) is 0 Å². The fourth-order valence-electron chi connectivity index (χ4n) is 9.15. The molecule has 0 unspecified atom stereocenters. The molecule has 19 heteroatoms. The van der Waals surface area contributed by atoms with E-state index in [4.69, 9.17) is 33.7 Å². The van der Waals surface area contributed by atoms with Gasteiger partial charge in [0.2, 0.25) is 0 Å². The van der Waals surface area contributed by atoms with Crippen molar-refractivity contribution in [2.45, 2.75) is 45.6 Å². The molecule has 0 spiro atoms. The average Bonchev–Trinajstić information content (AvgIpc) is 3.39. The molecule has 75 heavy (non-hydrogen) atoms. The van der Waals surface area contributed by atoms with Gasteiger partial charge in [-0.1, -0.05) is 60.7 Å². The number of pyridine rings is 2. The number of carbonyl (C=O) groups is 2. The van der Waals surface area contributed by atoms with Crippen LogP contribution in [0.2, 0.25) is 10.0 Å². The molecule has 0 bridgehead atoms. The van der Waals surface area contributed by atoms with Crippen LogP contribution in [0.15, 0.2) is 73.6 Å². The average molecular weight is 1060 g/mol. The summed E-state index contributed by atoms with van der Waals surface area (Å²) < 4.78 is 36.1. The highest BCUT2D eigenvalue weighted by molar-refractivity contribution is 6.34. The van der Waals surface area contributed by atoms with Crippen LogP contribution in [-0.2, 0) is 17.6 Å². The Hall–Kier alpha value is -7.12. The number of carbonyl (C=O) groups excluding carboxylic acids is 2. The van der Waals surface area contributed by atoms with Crippen molar-refractivity contribution in [3.63, 3.8) is 0 Å². The quantitative estimate of drug-likeness (QED) is 0.128. The zero-order chi connectivity index (χ0) is 53.2. The zero-order valence-electron chi connectivity index (χ0n) is 42.6. The number of aromatic nitrogens is 6. The summed E-state index contributed by atoms with van der Waals surface area (Å²) in [5.74, 6) is 11.9. The molecular weight excluding hydrogens is 998 g/mol. The lowest BCUT2D eigenvalue weighted by Gasteiger charge is -2.42. The van der Waals surface area contributed by atoms with E-state index in [-0.39, 0.29) is 27.1 Å². The Morgan fingerprint density at radius 2 is 1.21 bits per heavy atom. The number of likely N-dealkylation sites (tertiary alicyclic amines) is 1. The highest BCUT2D eigenvalue weighted by Gasteiger charge is 2.33. The number of hydrogen-bond donors (Lipinski definition) is 2. The van der Waals surface area contributed by atoms with Gasteiger partial charge >= 0.3 is 0 Å². The number of nitrogen functional groups attached to an aromatic ring is 1. The molecule has 3 aliphatic heterocycles. The molecule has 3 saturated heterocycles. The van der Waals surface area contributed by atoms with Gasteiger partial charge in [-0.15, -0.1) is 0 Å². The Labute approximate surface area is 446 Å². The number of aryl methyl sites for hydroxylation is 2. The van der Waals surface area contributed by atoms with Crippen LogP contribution >= 0.6 is 23.2 Å². The van der Waals surface area contributed by atoms with Gasteiger partial charge in [0.15, 0.2) is 0 Å². The summed E-state index contributed by atoms with van der Waals surface area (Å²) in [5, 5.41) is 3.07. The summed E-state index contributed by atoms with van der Waals surface area (Å²) in [4.78, 5) is 60.1. The summed E-state index contributed by atoms with van der Waals surface area (Å²) >= 11 is 13.0. The second-order valence-electron chi connectivity index (χ2n) is 18.6. The SMILES string of the molecule is CCc1ncnc(-c2cc(F)c(C(=O)N3CCC(CN(C)C)CC3)c(Cl)c2)c1C#Cc1ccc(NC)nc1.CCc1ncnc(-c2cc(F)c(C(=O)N3CCN(C4COC4)CC3)c(Cl)c2)c1C#Cc1ccc(N)nc1. The van der Waals surface area contributed by atoms with E-state index in [0.717, 1.165) is 62.8 Å².